The predicted molar refractivity (Wildman–Crippen MR) is 129 cm³/mol. The van der Waals surface area contributed by atoms with E-state index in [0.717, 1.165) is 0 Å². The molecular formula is C23H46N2O11. The zero-order chi connectivity index (χ0) is 28.4. The number of nitrogens with two attached hydrogens (primary N) is 1. The van der Waals surface area contributed by atoms with Crippen LogP contribution in [0.25, 0.3) is 0 Å². The van der Waals surface area contributed by atoms with E-state index in [2.05, 4.69) is 5.32 Å². The summed E-state index contributed by atoms with van der Waals surface area (Å²) >= 11 is 0. The minimum absolute atomic E-state index is 0.267. The quantitative estimate of drug-likeness (QED) is 0.108. The Morgan fingerprint density at radius 3 is 1.94 bits per heavy atom. The van der Waals surface area contributed by atoms with Crippen LogP contribution < -0.4 is 11.1 Å². The molecule has 0 rings (SSSR count). The lowest BCUT2D eigenvalue weighted by molar-refractivity contribution is -0.290. The van der Waals surface area contributed by atoms with Crippen LogP contribution in [-0.4, -0.2) is 111 Å². The fraction of sp³-hybridized carbons (Fsp3) is 0.913. The molecular weight excluding hydrogens is 480 g/mol. The first kappa shape index (κ1) is 34.6. The van der Waals surface area contributed by atoms with Crippen LogP contribution in [0.1, 0.15) is 61.8 Å². The number of hydrogen-bond donors (Lipinski definition) is 7. The number of aliphatic carboxylic acids is 1. The third kappa shape index (κ3) is 13.8. The molecule has 214 valence electrons. The van der Waals surface area contributed by atoms with Crippen molar-refractivity contribution >= 4 is 11.9 Å². The van der Waals surface area contributed by atoms with Gasteiger partial charge in [-0.2, -0.15) is 0 Å². The molecule has 8 N–H and O–H groups in total. The van der Waals surface area contributed by atoms with Crippen LogP contribution in [0.5, 0.6) is 0 Å². The van der Waals surface area contributed by atoms with Crippen molar-refractivity contribution in [3.8, 4) is 0 Å². The molecule has 0 spiro atoms. The van der Waals surface area contributed by atoms with Crippen LogP contribution in [0.3, 0.4) is 0 Å². The Hall–Kier alpha value is -1.42. The molecule has 0 heterocycles. The number of rotatable bonds is 18. The van der Waals surface area contributed by atoms with Gasteiger partial charge in [-0.1, -0.05) is 0 Å². The highest BCUT2D eigenvalue weighted by Crippen LogP contribution is 2.25. The van der Waals surface area contributed by atoms with Gasteiger partial charge in [0.25, 0.3) is 0 Å². The summed E-state index contributed by atoms with van der Waals surface area (Å²) in [5.74, 6) is -1.96. The predicted octanol–water partition coefficient (Wildman–Crippen LogP) is -0.928. The Labute approximate surface area is 212 Å². The van der Waals surface area contributed by atoms with Crippen molar-refractivity contribution in [3.63, 3.8) is 0 Å². The molecule has 13 heteroatoms. The normalized spacial score (nSPS) is 19.5. The van der Waals surface area contributed by atoms with E-state index in [1.54, 1.807) is 6.92 Å². The van der Waals surface area contributed by atoms with Crippen LogP contribution in [0.15, 0.2) is 0 Å². The van der Waals surface area contributed by atoms with E-state index in [-0.39, 0.29) is 6.54 Å². The molecule has 0 saturated heterocycles. The monoisotopic (exact) mass is 526 g/mol. The SMILES string of the molecule is CC(=O)NC[C@@H](O)C(OC(OC(C(=O)O)[C@H](C)O)[C@@H](O)CO)C(C)O[C@H](C)OC(C)(C)CC(C)(C)N. The van der Waals surface area contributed by atoms with Gasteiger partial charge < -0.3 is 55.5 Å². The van der Waals surface area contributed by atoms with Gasteiger partial charge in [0.15, 0.2) is 18.7 Å². The van der Waals surface area contributed by atoms with E-state index in [1.807, 2.05) is 27.7 Å². The smallest absolute Gasteiger partial charge is 0.335 e. The lowest BCUT2D eigenvalue weighted by Crippen LogP contribution is -2.52. The Balaban J connectivity index is 5.78. The number of ether oxygens (including phenoxy) is 4. The second-order valence-electron chi connectivity index (χ2n) is 10.3. The van der Waals surface area contributed by atoms with Crippen LogP contribution in [0, 0.1) is 0 Å². The largest absolute Gasteiger partial charge is 0.479 e. The molecule has 0 aromatic carbocycles. The number of aliphatic hydroxyl groups excluding tert-OH is 4. The Morgan fingerprint density at radius 1 is 0.972 bits per heavy atom. The Bertz CT molecular complexity index is 669. The summed E-state index contributed by atoms with van der Waals surface area (Å²) in [5.41, 5.74) is 4.91. The zero-order valence-corrected chi connectivity index (χ0v) is 22.5. The highest BCUT2D eigenvalue weighted by molar-refractivity contribution is 5.73. The molecule has 13 nitrogen and oxygen atoms in total. The molecule has 36 heavy (non-hydrogen) atoms. The zero-order valence-electron chi connectivity index (χ0n) is 22.5. The Kier molecular flexibility index (Phi) is 14.5. The van der Waals surface area contributed by atoms with Gasteiger partial charge in [-0.05, 0) is 54.9 Å². The van der Waals surface area contributed by atoms with E-state index in [9.17, 15) is 35.1 Å². The first-order chi connectivity index (χ1) is 16.3. The van der Waals surface area contributed by atoms with Crippen molar-refractivity contribution in [2.24, 2.45) is 5.73 Å². The van der Waals surface area contributed by atoms with Gasteiger partial charge in [-0.25, -0.2) is 4.79 Å². The molecule has 0 radical (unpaired) electrons. The van der Waals surface area contributed by atoms with Crippen LogP contribution in [0.4, 0.5) is 0 Å². The van der Waals surface area contributed by atoms with Gasteiger partial charge >= 0.3 is 5.97 Å². The van der Waals surface area contributed by atoms with Gasteiger partial charge in [0.05, 0.1) is 24.4 Å². The molecule has 4 unspecified atom stereocenters. The molecule has 0 bridgehead atoms. The summed E-state index contributed by atoms with van der Waals surface area (Å²) in [6.07, 6.45) is -10.8. The number of aliphatic hydroxyl groups is 4. The van der Waals surface area contributed by atoms with Crippen molar-refractivity contribution in [3.05, 3.63) is 0 Å². The Morgan fingerprint density at radius 2 is 1.53 bits per heavy atom. The lowest BCUT2D eigenvalue weighted by atomic mass is 9.90. The molecule has 0 fully saturated rings. The molecule has 0 aliphatic heterocycles. The van der Waals surface area contributed by atoms with Crippen molar-refractivity contribution in [1.82, 2.24) is 5.32 Å². The third-order valence-electron chi connectivity index (χ3n) is 4.93. The summed E-state index contributed by atoms with van der Waals surface area (Å²) in [6.45, 7) is 11.8. The summed E-state index contributed by atoms with van der Waals surface area (Å²) < 4.78 is 22.8. The fourth-order valence-corrected chi connectivity index (χ4v) is 3.85. The van der Waals surface area contributed by atoms with Gasteiger partial charge in [-0.3, -0.25) is 4.79 Å². The van der Waals surface area contributed by atoms with E-state index in [4.69, 9.17) is 24.7 Å². The second kappa shape index (κ2) is 15.1. The maximum absolute atomic E-state index is 11.5. The van der Waals surface area contributed by atoms with E-state index >= 15 is 0 Å². The van der Waals surface area contributed by atoms with Gasteiger partial charge in [0.1, 0.15) is 18.3 Å². The standard InChI is InChI=1S/C23H46N2O11/c1-12(27)18(20(31)32)34-21(17(30)10-26)35-19(16(29)9-25-14(3)28)13(2)33-15(4)36-23(7,8)11-22(5,6)24/h12-13,15-19,21,26-27,29-30H,9-11,24H2,1-8H3,(H,25,28)(H,31,32)/t12-,13?,15-,16+,17-,18?,19?,21?/m0/s1. The van der Waals surface area contributed by atoms with Crippen LogP contribution in [0.2, 0.25) is 0 Å². The van der Waals surface area contributed by atoms with E-state index < -0.39 is 78.8 Å². The first-order valence-electron chi connectivity index (χ1n) is 11.8. The van der Waals surface area contributed by atoms with Crippen molar-refractivity contribution < 1.29 is 54.1 Å². The molecule has 0 aromatic rings. The molecule has 1 amide bonds. The summed E-state index contributed by atoms with van der Waals surface area (Å²) in [5, 5.41) is 51.9. The number of carbonyl (C=O) groups excluding carboxylic acids is 1. The van der Waals surface area contributed by atoms with E-state index in [0.29, 0.717) is 6.42 Å². The third-order valence-corrected chi connectivity index (χ3v) is 4.93. The topological polar surface area (TPSA) is 210 Å². The van der Waals surface area contributed by atoms with Gasteiger partial charge in [0, 0.05) is 19.0 Å². The average Bonchev–Trinajstić information content (AvgIpc) is 2.68. The molecule has 8 atom stereocenters. The maximum Gasteiger partial charge on any atom is 0.335 e. The number of hydrogen-bond acceptors (Lipinski definition) is 11. The highest BCUT2D eigenvalue weighted by Gasteiger charge is 2.38. The fourth-order valence-electron chi connectivity index (χ4n) is 3.85. The minimum atomic E-state index is -1.80. The van der Waals surface area contributed by atoms with Crippen molar-refractivity contribution in [2.75, 3.05) is 13.2 Å². The number of amides is 1. The number of carboxylic acids is 1. The van der Waals surface area contributed by atoms with Crippen LogP contribution in [-0.2, 0) is 28.5 Å². The maximum atomic E-state index is 11.5. The summed E-state index contributed by atoms with van der Waals surface area (Å²) in [7, 11) is 0. The summed E-state index contributed by atoms with van der Waals surface area (Å²) in [4.78, 5) is 22.8. The minimum Gasteiger partial charge on any atom is -0.479 e. The number of carbonyl (C=O) groups is 2. The molecule has 0 aliphatic rings. The lowest BCUT2D eigenvalue weighted by Gasteiger charge is -2.38. The number of carboxylic acid groups (broad SMARTS) is 1. The molecule has 0 aliphatic carbocycles. The van der Waals surface area contributed by atoms with Gasteiger partial charge in [0.2, 0.25) is 5.91 Å². The van der Waals surface area contributed by atoms with Crippen LogP contribution >= 0.6 is 0 Å². The number of nitrogens with one attached hydrogen (secondary N) is 1. The summed E-state index contributed by atoms with van der Waals surface area (Å²) in [6, 6.07) is 0. The molecule has 0 saturated carbocycles. The molecule has 0 aromatic heterocycles. The van der Waals surface area contributed by atoms with Gasteiger partial charge in [-0.15, -0.1) is 0 Å². The van der Waals surface area contributed by atoms with Crippen molar-refractivity contribution in [1.29, 1.82) is 0 Å². The van der Waals surface area contributed by atoms with Crippen molar-refractivity contribution in [2.45, 2.75) is 122 Å². The first-order valence-corrected chi connectivity index (χ1v) is 11.8. The highest BCUT2D eigenvalue weighted by atomic mass is 16.7. The average molecular weight is 527 g/mol. The van der Waals surface area contributed by atoms with E-state index in [1.165, 1.54) is 20.8 Å². The second-order valence-corrected chi connectivity index (χ2v) is 10.3.